The van der Waals surface area contributed by atoms with Crippen LogP contribution in [-0.4, -0.2) is 4.83 Å². The second-order valence-electron chi connectivity index (χ2n) is 4.80. The lowest BCUT2D eigenvalue weighted by Gasteiger charge is -2.17. The van der Waals surface area contributed by atoms with Crippen molar-refractivity contribution >= 4 is 15.9 Å². The van der Waals surface area contributed by atoms with Crippen LogP contribution in [0.5, 0.6) is 0 Å². The highest BCUT2D eigenvalue weighted by atomic mass is 79.9. The summed E-state index contributed by atoms with van der Waals surface area (Å²) in [5.74, 6) is -0.155. The third-order valence-corrected chi connectivity index (χ3v) is 4.85. The van der Waals surface area contributed by atoms with E-state index in [0.29, 0.717) is 17.2 Å². The van der Waals surface area contributed by atoms with Crippen molar-refractivity contribution in [2.75, 3.05) is 0 Å². The van der Waals surface area contributed by atoms with Crippen LogP contribution in [0.1, 0.15) is 37.7 Å². The molecule has 1 aliphatic rings. The molecular formula is C14H17BrF2. The molecular weight excluding hydrogens is 286 g/mol. The predicted octanol–water partition coefficient (Wildman–Crippen LogP) is 4.85. The van der Waals surface area contributed by atoms with E-state index in [1.807, 2.05) is 0 Å². The monoisotopic (exact) mass is 302 g/mol. The Hall–Kier alpha value is -0.440. The van der Waals surface area contributed by atoms with E-state index >= 15 is 0 Å². The van der Waals surface area contributed by atoms with Crippen molar-refractivity contribution in [2.24, 2.45) is 5.92 Å². The fraction of sp³-hybridized carbons (Fsp3) is 0.571. The van der Waals surface area contributed by atoms with Crippen molar-refractivity contribution in [3.8, 4) is 0 Å². The molecule has 0 aromatic heterocycles. The van der Waals surface area contributed by atoms with Gasteiger partial charge >= 0.3 is 0 Å². The van der Waals surface area contributed by atoms with E-state index in [1.54, 1.807) is 0 Å². The molecule has 1 aromatic rings. The van der Waals surface area contributed by atoms with Gasteiger partial charge in [-0.15, -0.1) is 0 Å². The van der Waals surface area contributed by atoms with E-state index in [4.69, 9.17) is 0 Å². The molecule has 1 aliphatic carbocycles. The lowest BCUT2D eigenvalue weighted by atomic mass is 9.98. The highest BCUT2D eigenvalue weighted by Crippen LogP contribution is 2.33. The number of halogens is 3. The van der Waals surface area contributed by atoms with Crippen LogP contribution in [0.25, 0.3) is 0 Å². The average Bonchev–Trinajstić information content (AvgIpc) is 2.81. The van der Waals surface area contributed by atoms with Gasteiger partial charge in [0.25, 0.3) is 0 Å². The van der Waals surface area contributed by atoms with Crippen molar-refractivity contribution < 1.29 is 8.78 Å². The molecule has 0 N–H and O–H groups in total. The van der Waals surface area contributed by atoms with Gasteiger partial charge < -0.3 is 0 Å². The number of hydrogen-bond acceptors (Lipinski definition) is 0. The third-order valence-electron chi connectivity index (χ3n) is 3.64. The second kappa shape index (κ2) is 5.94. The van der Waals surface area contributed by atoms with Crippen LogP contribution in [0.2, 0.25) is 0 Å². The summed E-state index contributed by atoms with van der Waals surface area (Å²) in [6.07, 6.45) is 6.36. The number of alkyl halides is 1. The van der Waals surface area contributed by atoms with Gasteiger partial charge in [-0.3, -0.25) is 0 Å². The predicted molar refractivity (Wildman–Crippen MR) is 69.4 cm³/mol. The minimum atomic E-state index is -0.420. The molecule has 3 heteroatoms. The van der Waals surface area contributed by atoms with E-state index < -0.39 is 11.6 Å². The van der Waals surface area contributed by atoms with Crippen molar-refractivity contribution in [1.82, 2.24) is 0 Å². The smallest absolute Gasteiger partial charge is 0.129 e. The zero-order chi connectivity index (χ0) is 12.3. The Morgan fingerprint density at radius 2 is 1.76 bits per heavy atom. The van der Waals surface area contributed by atoms with E-state index in [9.17, 15) is 8.78 Å². The van der Waals surface area contributed by atoms with Crippen molar-refractivity contribution in [1.29, 1.82) is 0 Å². The van der Waals surface area contributed by atoms with Gasteiger partial charge in [-0.2, -0.15) is 0 Å². The Bertz CT molecular complexity index is 352. The van der Waals surface area contributed by atoms with Gasteiger partial charge in [-0.05, 0) is 43.7 Å². The van der Waals surface area contributed by atoms with Gasteiger partial charge in [0.1, 0.15) is 11.6 Å². The molecule has 0 heterocycles. The molecule has 0 aliphatic heterocycles. The first-order valence-corrected chi connectivity index (χ1v) is 7.17. The Morgan fingerprint density at radius 1 is 1.18 bits per heavy atom. The van der Waals surface area contributed by atoms with Crippen molar-refractivity contribution in [3.63, 3.8) is 0 Å². The molecule has 0 amide bonds. The first kappa shape index (κ1) is 13.0. The topological polar surface area (TPSA) is 0 Å². The maximum Gasteiger partial charge on any atom is 0.129 e. The normalized spacial score (nSPS) is 18.5. The molecule has 17 heavy (non-hydrogen) atoms. The maximum absolute atomic E-state index is 13.4. The standard InChI is InChI=1S/C14H17BrF2/c15-12(10-4-1-2-5-10)9-8-11-13(16)6-3-7-14(11)17/h3,6-7,10,12H,1-2,4-5,8-9H2. The second-order valence-corrected chi connectivity index (χ2v) is 5.98. The molecule has 2 rings (SSSR count). The summed E-state index contributed by atoms with van der Waals surface area (Å²) in [6.45, 7) is 0. The van der Waals surface area contributed by atoms with Gasteiger partial charge in [0.2, 0.25) is 0 Å². The average molecular weight is 303 g/mol. The van der Waals surface area contributed by atoms with E-state index in [2.05, 4.69) is 15.9 Å². The molecule has 1 unspecified atom stereocenters. The lowest BCUT2D eigenvalue weighted by molar-refractivity contribution is 0.491. The number of hydrogen-bond donors (Lipinski definition) is 0. The van der Waals surface area contributed by atoms with Crippen LogP contribution >= 0.6 is 15.9 Å². The molecule has 94 valence electrons. The fourth-order valence-electron chi connectivity index (χ4n) is 2.61. The van der Waals surface area contributed by atoms with Crippen LogP contribution in [0.3, 0.4) is 0 Å². The van der Waals surface area contributed by atoms with Crippen LogP contribution in [-0.2, 0) is 6.42 Å². The first-order chi connectivity index (χ1) is 8.18. The molecule has 0 nitrogen and oxygen atoms in total. The minimum Gasteiger partial charge on any atom is -0.207 e. The molecule has 0 saturated heterocycles. The molecule has 1 saturated carbocycles. The molecule has 1 aromatic carbocycles. The highest BCUT2D eigenvalue weighted by molar-refractivity contribution is 9.09. The molecule has 0 radical (unpaired) electrons. The van der Waals surface area contributed by atoms with Crippen LogP contribution in [0, 0.1) is 17.6 Å². The molecule has 0 bridgehead atoms. The fourth-order valence-corrected chi connectivity index (χ4v) is 3.37. The Kier molecular flexibility index (Phi) is 4.55. The Morgan fingerprint density at radius 3 is 2.35 bits per heavy atom. The van der Waals surface area contributed by atoms with E-state index in [0.717, 1.165) is 6.42 Å². The van der Waals surface area contributed by atoms with E-state index in [-0.39, 0.29) is 5.56 Å². The van der Waals surface area contributed by atoms with Gasteiger partial charge in [0.15, 0.2) is 0 Å². The zero-order valence-corrected chi connectivity index (χ0v) is 11.3. The van der Waals surface area contributed by atoms with Gasteiger partial charge in [-0.1, -0.05) is 34.8 Å². The van der Waals surface area contributed by atoms with Crippen LogP contribution in [0.15, 0.2) is 18.2 Å². The van der Waals surface area contributed by atoms with Gasteiger partial charge in [0.05, 0.1) is 0 Å². The summed E-state index contributed by atoms with van der Waals surface area (Å²) in [4.78, 5) is 0.393. The third kappa shape index (κ3) is 3.27. The van der Waals surface area contributed by atoms with Crippen LogP contribution < -0.4 is 0 Å². The minimum absolute atomic E-state index is 0.231. The summed E-state index contributed by atoms with van der Waals surface area (Å²) in [6, 6.07) is 4.07. The van der Waals surface area contributed by atoms with Gasteiger partial charge in [0, 0.05) is 10.4 Å². The highest BCUT2D eigenvalue weighted by Gasteiger charge is 2.23. The Labute approximate surface area is 110 Å². The largest absolute Gasteiger partial charge is 0.207 e. The summed E-state index contributed by atoms with van der Waals surface area (Å²) < 4.78 is 26.8. The van der Waals surface area contributed by atoms with E-state index in [1.165, 1.54) is 43.9 Å². The molecule has 1 fully saturated rings. The molecule has 1 atom stereocenters. The molecule has 0 spiro atoms. The zero-order valence-electron chi connectivity index (χ0n) is 9.76. The Balaban J connectivity index is 1.92. The quantitative estimate of drug-likeness (QED) is 0.697. The summed E-state index contributed by atoms with van der Waals surface area (Å²) in [7, 11) is 0. The summed E-state index contributed by atoms with van der Waals surface area (Å²) in [5.41, 5.74) is 0.231. The van der Waals surface area contributed by atoms with Crippen molar-refractivity contribution in [2.45, 2.75) is 43.4 Å². The number of rotatable bonds is 4. The summed E-state index contributed by atoms with van der Waals surface area (Å²) >= 11 is 3.67. The lowest BCUT2D eigenvalue weighted by Crippen LogP contribution is -2.12. The van der Waals surface area contributed by atoms with Crippen molar-refractivity contribution in [3.05, 3.63) is 35.4 Å². The van der Waals surface area contributed by atoms with Crippen LogP contribution in [0.4, 0.5) is 8.78 Å². The van der Waals surface area contributed by atoms with Gasteiger partial charge in [-0.25, -0.2) is 8.78 Å². The summed E-state index contributed by atoms with van der Waals surface area (Å²) in [5, 5.41) is 0. The first-order valence-electron chi connectivity index (χ1n) is 6.25. The SMILES string of the molecule is Fc1cccc(F)c1CCC(Br)C1CCCC1. The number of benzene rings is 1. The maximum atomic E-state index is 13.4.